The van der Waals surface area contributed by atoms with Gasteiger partial charge in [-0.05, 0) is 23.8 Å². The predicted octanol–water partition coefficient (Wildman–Crippen LogP) is 0.850. The molecule has 0 saturated carbocycles. The zero-order chi connectivity index (χ0) is 12.1. The Balaban J connectivity index is 2.12. The summed E-state index contributed by atoms with van der Waals surface area (Å²) in [6, 6.07) is 4.73. The SMILES string of the molecule is NC(=O)NN=Cc1ccc2c(c1)OCCCO2. The van der Waals surface area contributed by atoms with Crippen LogP contribution in [-0.2, 0) is 0 Å². The number of nitrogens with zero attached hydrogens (tertiary/aromatic N) is 1. The Morgan fingerprint density at radius 2 is 2.12 bits per heavy atom. The molecule has 1 aromatic rings. The second kappa shape index (κ2) is 5.20. The van der Waals surface area contributed by atoms with Gasteiger partial charge in [-0.3, -0.25) is 0 Å². The summed E-state index contributed by atoms with van der Waals surface area (Å²) in [7, 11) is 0. The Labute approximate surface area is 98.4 Å². The normalized spacial score (nSPS) is 14.4. The van der Waals surface area contributed by atoms with Crippen molar-refractivity contribution in [2.45, 2.75) is 6.42 Å². The maximum absolute atomic E-state index is 10.4. The number of fused-ring (bicyclic) bond motifs is 1. The fourth-order valence-corrected chi connectivity index (χ4v) is 1.43. The molecule has 0 aromatic heterocycles. The van der Waals surface area contributed by atoms with Gasteiger partial charge >= 0.3 is 6.03 Å². The van der Waals surface area contributed by atoms with E-state index in [0.717, 1.165) is 17.7 Å². The van der Waals surface area contributed by atoms with Crippen LogP contribution in [0, 0.1) is 0 Å². The molecule has 1 heterocycles. The van der Waals surface area contributed by atoms with Crippen molar-refractivity contribution in [1.82, 2.24) is 5.43 Å². The van der Waals surface area contributed by atoms with Crippen LogP contribution in [0.4, 0.5) is 4.79 Å². The van der Waals surface area contributed by atoms with Gasteiger partial charge in [0.2, 0.25) is 0 Å². The molecule has 1 aliphatic heterocycles. The van der Waals surface area contributed by atoms with Crippen molar-refractivity contribution >= 4 is 12.2 Å². The summed E-state index contributed by atoms with van der Waals surface area (Å²) in [6.07, 6.45) is 2.35. The van der Waals surface area contributed by atoms with Crippen molar-refractivity contribution in [2.24, 2.45) is 10.8 Å². The van der Waals surface area contributed by atoms with Gasteiger partial charge in [-0.1, -0.05) is 0 Å². The van der Waals surface area contributed by atoms with Gasteiger partial charge in [0, 0.05) is 6.42 Å². The fourth-order valence-electron chi connectivity index (χ4n) is 1.43. The van der Waals surface area contributed by atoms with E-state index in [4.69, 9.17) is 15.2 Å². The van der Waals surface area contributed by atoms with E-state index in [1.54, 1.807) is 6.07 Å². The van der Waals surface area contributed by atoms with Crippen LogP contribution in [0.15, 0.2) is 23.3 Å². The fraction of sp³-hybridized carbons (Fsp3) is 0.273. The number of nitrogens with one attached hydrogen (secondary N) is 1. The largest absolute Gasteiger partial charge is 0.490 e. The van der Waals surface area contributed by atoms with Crippen LogP contribution in [0.1, 0.15) is 12.0 Å². The standard InChI is InChI=1S/C11H13N3O3/c12-11(15)14-13-7-8-2-3-9-10(6-8)17-5-1-4-16-9/h2-3,6-7H,1,4-5H2,(H3,12,14,15). The molecular weight excluding hydrogens is 222 g/mol. The lowest BCUT2D eigenvalue weighted by Gasteiger charge is -2.07. The average Bonchev–Trinajstić information content (AvgIpc) is 2.53. The number of urea groups is 1. The lowest BCUT2D eigenvalue weighted by Crippen LogP contribution is -2.24. The van der Waals surface area contributed by atoms with Crippen molar-refractivity contribution in [1.29, 1.82) is 0 Å². The molecule has 90 valence electrons. The number of hydrogen-bond donors (Lipinski definition) is 2. The number of hydrogen-bond acceptors (Lipinski definition) is 4. The van der Waals surface area contributed by atoms with Gasteiger partial charge in [0.25, 0.3) is 0 Å². The van der Waals surface area contributed by atoms with E-state index in [1.165, 1.54) is 6.21 Å². The average molecular weight is 235 g/mol. The molecule has 1 aliphatic rings. The number of hydrazone groups is 1. The molecule has 0 aliphatic carbocycles. The Kier molecular flexibility index (Phi) is 3.44. The number of benzene rings is 1. The summed E-state index contributed by atoms with van der Waals surface area (Å²) in [5.74, 6) is 1.41. The maximum Gasteiger partial charge on any atom is 0.332 e. The topological polar surface area (TPSA) is 85.9 Å². The maximum atomic E-state index is 10.4. The van der Waals surface area contributed by atoms with Crippen molar-refractivity contribution in [3.63, 3.8) is 0 Å². The first kappa shape index (κ1) is 11.3. The van der Waals surface area contributed by atoms with Crippen molar-refractivity contribution in [3.05, 3.63) is 23.8 Å². The van der Waals surface area contributed by atoms with Gasteiger partial charge in [-0.15, -0.1) is 0 Å². The second-order valence-electron chi connectivity index (χ2n) is 3.49. The van der Waals surface area contributed by atoms with Gasteiger partial charge in [0.15, 0.2) is 11.5 Å². The van der Waals surface area contributed by atoms with Crippen molar-refractivity contribution in [3.8, 4) is 11.5 Å². The van der Waals surface area contributed by atoms with E-state index in [-0.39, 0.29) is 0 Å². The zero-order valence-electron chi connectivity index (χ0n) is 9.18. The van der Waals surface area contributed by atoms with Crippen LogP contribution >= 0.6 is 0 Å². The number of amides is 2. The third-order valence-electron chi connectivity index (χ3n) is 2.16. The van der Waals surface area contributed by atoms with Crippen LogP contribution in [0.25, 0.3) is 0 Å². The first-order chi connectivity index (χ1) is 8.25. The van der Waals surface area contributed by atoms with Gasteiger partial charge in [-0.25, -0.2) is 10.2 Å². The first-order valence-corrected chi connectivity index (χ1v) is 5.24. The lowest BCUT2D eigenvalue weighted by molar-refractivity contribution is 0.249. The number of nitrogens with two attached hydrogens (primary N) is 1. The first-order valence-electron chi connectivity index (χ1n) is 5.24. The Morgan fingerprint density at radius 3 is 2.88 bits per heavy atom. The monoisotopic (exact) mass is 235 g/mol. The molecule has 1 aromatic carbocycles. The molecule has 0 unspecified atom stereocenters. The minimum absolute atomic E-state index is 0.632. The number of ether oxygens (including phenoxy) is 2. The molecule has 6 nitrogen and oxygen atoms in total. The number of carbonyl (C=O) groups excluding carboxylic acids is 1. The van der Waals surface area contributed by atoms with E-state index in [2.05, 4.69) is 10.5 Å². The molecule has 3 N–H and O–H groups in total. The molecule has 17 heavy (non-hydrogen) atoms. The van der Waals surface area contributed by atoms with Crippen LogP contribution in [0.5, 0.6) is 11.5 Å². The Hall–Kier alpha value is -2.24. The summed E-state index contributed by atoms with van der Waals surface area (Å²) >= 11 is 0. The number of primary amides is 1. The highest BCUT2D eigenvalue weighted by Crippen LogP contribution is 2.29. The minimum atomic E-state index is -0.699. The molecule has 2 amide bonds. The van der Waals surface area contributed by atoms with Crippen LogP contribution in [0.3, 0.4) is 0 Å². The van der Waals surface area contributed by atoms with E-state index < -0.39 is 6.03 Å². The van der Waals surface area contributed by atoms with Crippen LogP contribution < -0.4 is 20.6 Å². The molecule has 0 spiro atoms. The molecule has 0 fully saturated rings. The predicted molar refractivity (Wildman–Crippen MR) is 62.4 cm³/mol. The summed E-state index contributed by atoms with van der Waals surface area (Å²) in [5.41, 5.74) is 7.80. The Morgan fingerprint density at radius 1 is 1.35 bits per heavy atom. The Bertz CT molecular complexity index is 446. The molecule has 0 saturated heterocycles. The highest BCUT2D eigenvalue weighted by Gasteiger charge is 2.09. The van der Waals surface area contributed by atoms with Crippen molar-refractivity contribution in [2.75, 3.05) is 13.2 Å². The smallest absolute Gasteiger partial charge is 0.332 e. The van der Waals surface area contributed by atoms with E-state index in [9.17, 15) is 4.79 Å². The second-order valence-corrected chi connectivity index (χ2v) is 3.49. The zero-order valence-corrected chi connectivity index (χ0v) is 9.18. The summed E-state index contributed by atoms with van der Waals surface area (Å²) < 4.78 is 11.0. The minimum Gasteiger partial charge on any atom is -0.490 e. The quantitative estimate of drug-likeness (QED) is 0.588. The third-order valence-corrected chi connectivity index (χ3v) is 2.16. The summed E-state index contributed by atoms with van der Waals surface area (Å²) in [4.78, 5) is 10.4. The molecule has 2 rings (SSSR count). The summed E-state index contributed by atoms with van der Waals surface area (Å²) in [6.45, 7) is 1.29. The van der Waals surface area contributed by atoms with Gasteiger partial charge in [0.05, 0.1) is 19.4 Å². The summed E-state index contributed by atoms with van der Waals surface area (Å²) in [5, 5.41) is 3.67. The highest BCUT2D eigenvalue weighted by atomic mass is 16.5. The number of carbonyl (C=O) groups is 1. The molecular formula is C11H13N3O3. The third kappa shape index (κ3) is 3.10. The van der Waals surface area contributed by atoms with Crippen LogP contribution in [-0.4, -0.2) is 25.5 Å². The van der Waals surface area contributed by atoms with Crippen LogP contribution in [0.2, 0.25) is 0 Å². The van der Waals surface area contributed by atoms with E-state index in [1.807, 2.05) is 12.1 Å². The van der Waals surface area contributed by atoms with E-state index in [0.29, 0.717) is 19.0 Å². The van der Waals surface area contributed by atoms with Gasteiger partial charge in [0.1, 0.15) is 0 Å². The number of rotatable bonds is 2. The lowest BCUT2D eigenvalue weighted by atomic mass is 10.2. The van der Waals surface area contributed by atoms with Gasteiger partial charge < -0.3 is 15.2 Å². The van der Waals surface area contributed by atoms with E-state index >= 15 is 0 Å². The molecule has 0 bridgehead atoms. The van der Waals surface area contributed by atoms with Gasteiger partial charge in [-0.2, -0.15) is 5.10 Å². The van der Waals surface area contributed by atoms with Crippen molar-refractivity contribution < 1.29 is 14.3 Å². The molecule has 0 atom stereocenters. The molecule has 0 radical (unpaired) electrons. The highest BCUT2D eigenvalue weighted by molar-refractivity contribution is 5.82. The molecule has 6 heteroatoms.